The summed E-state index contributed by atoms with van der Waals surface area (Å²) in [4.78, 5) is 15.2. The van der Waals surface area contributed by atoms with Crippen molar-refractivity contribution in [1.82, 2.24) is 4.98 Å². The maximum absolute atomic E-state index is 12.3. The Morgan fingerprint density at radius 2 is 1.72 bits per heavy atom. The van der Waals surface area contributed by atoms with Gasteiger partial charge in [-0.25, -0.2) is 0 Å². The molecular weight excluding hydrogens is 362 g/mol. The van der Waals surface area contributed by atoms with Crippen molar-refractivity contribution in [3.8, 4) is 12.1 Å². The molecule has 5 nitrogen and oxygen atoms in total. The Labute approximate surface area is 171 Å². The Kier molecular flexibility index (Phi) is 4.03. The maximum atomic E-state index is 12.3. The van der Waals surface area contributed by atoms with Crippen molar-refractivity contribution in [2.75, 3.05) is 0 Å². The van der Waals surface area contributed by atoms with E-state index in [2.05, 4.69) is 24.9 Å². The van der Waals surface area contributed by atoms with Crippen molar-refractivity contribution in [2.45, 2.75) is 71.3 Å². The maximum Gasteiger partial charge on any atom is 0.267 e. The number of aromatic nitrogens is 1. The van der Waals surface area contributed by atoms with Gasteiger partial charge >= 0.3 is 0 Å². The molecule has 5 rings (SSSR count). The largest absolute Gasteiger partial charge is 0.393 e. The zero-order valence-electron chi connectivity index (χ0n) is 17.3. The van der Waals surface area contributed by atoms with Gasteiger partial charge in [-0.1, -0.05) is 13.8 Å². The Morgan fingerprint density at radius 1 is 1.00 bits per heavy atom. The molecular formula is C24H29N3O2. The lowest BCUT2D eigenvalue weighted by molar-refractivity contribution is -0.111. The predicted octanol–water partition coefficient (Wildman–Crippen LogP) is 3.44. The van der Waals surface area contributed by atoms with Gasteiger partial charge in [0.1, 0.15) is 17.7 Å². The van der Waals surface area contributed by atoms with Crippen molar-refractivity contribution < 1.29 is 5.11 Å². The number of aliphatic hydroxyl groups excluding tert-OH is 1. The topological polar surface area (TPSA) is 101 Å². The fraction of sp³-hybridized carbons (Fsp3) is 0.708. The van der Waals surface area contributed by atoms with Crippen LogP contribution in [0.4, 0.5) is 0 Å². The first-order valence-electron chi connectivity index (χ1n) is 11.1. The Bertz CT molecular complexity index is 1010. The van der Waals surface area contributed by atoms with E-state index in [0.29, 0.717) is 29.2 Å². The van der Waals surface area contributed by atoms with Gasteiger partial charge in [-0.3, -0.25) is 4.79 Å². The average Bonchev–Trinajstić information content (AvgIpc) is 3.00. The van der Waals surface area contributed by atoms with Gasteiger partial charge in [0.2, 0.25) is 0 Å². The summed E-state index contributed by atoms with van der Waals surface area (Å²) in [6.45, 7) is 4.69. The molecule has 1 heterocycles. The molecule has 152 valence electrons. The van der Waals surface area contributed by atoms with Gasteiger partial charge in [0.25, 0.3) is 5.56 Å². The first kappa shape index (κ1) is 18.9. The highest BCUT2D eigenvalue weighted by Crippen LogP contribution is 2.65. The number of rotatable bonds is 0. The van der Waals surface area contributed by atoms with Gasteiger partial charge in [-0.2, -0.15) is 10.5 Å². The summed E-state index contributed by atoms with van der Waals surface area (Å²) < 4.78 is 0. The number of aromatic amines is 1. The van der Waals surface area contributed by atoms with E-state index in [0.717, 1.165) is 56.2 Å². The smallest absolute Gasteiger partial charge is 0.267 e. The van der Waals surface area contributed by atoms with Gasteiger partial charge < -0.3 is 10.1 Å². The molecule has 1 aromatic heterocycles. The van der Waals surface area contributed by atoms with E-state index >= 15 is 0 Å². The third-order valence-electron chi connectivity index (χ3n) is 9.65. The second kappa shape index (κ2) is 6.19. The first-order valence-corrected chi connectivity index (χ1v) is 11.1. The Morgan fingerprint density at radius 3 is 2.45 bits per heavy atom. The fourth-order valence-corrected chi connectivity index (χ4v) is 8.04. The Hall–Kier alpha value is -2.11. The monoisotopic (exact) mass is 391 g/mol. The van der Waals surface area contributed by atoms with E-state index in [1.54, 1.807) is 0 Å². The van der Waals surface area contributed by atoms with E-state index in [4.69, 9.17) is 0 Å². The van der Waals surface area contributed by atoms with Crippen LogP contribution < -0.4 is 5.56 Å². The van der Waals surface area contributed by atoms with E-state index in [-0.39, 0.29) is 22.5 Å². The van der Waals surface area contributed by atoms with Crippen molar-refractivity contribution in [2.24, 2.45) is 34.5 Å². The molecule has 3 saturated carbocycles. The zero-order chi connectivity index (χ0) is 20.6. The first-order chi connectivity index (χ1) is 13.8. The standard InChI is InChI=1S/C24H29N3O2/c1-23-8-7-19-14(18(23)5-6-21(23)28)4-3-13-9-20-15(10-24(13,19)2)16(11-25)17(12-26)22(29)27-20/h13-14,18-19,21,28H,3-10H2,1-2H3,(H,27,29)/t13-,14-,18+,19-,21-,23-,24-/m0/s1. The highest BCUT2D eigenvalue weighted by Gasteiger charge is 2.60. The van der Waals surface area contributed by atoms with Crippen LogP contribution in [0, 0.1) is 57.2 Å². The minimum atomic E-state index is -0.423. The van der Waals surface area contributed by atoms with E-state index in [9.17, 15) is 20.4 Å². The molecule has 0 spiro atoms. The summed E-state index contributed by atoms with van der Waals surface area (Å²) in [5.74, 6) is 2.32. The summed E-state index contributed by atoms with van der Waals surface area (Å²) >= 11 is 0. The van der Waals surface area contributed by atoms with Crippen LogP contribution in [0.2, 0.25) is 0 Å². The molecule has 0 bridgehead atoms. The molecule has 3 fully saturated rings. The third-order valence-corrected chi connectivity index (χ3v) is 9.65. The number of nitrogens with one attached hydrogen (secondary N) is 1. The molecule has 0 aromatic carbocycles. The molecule has 0 amide bonds. The lowest BCUT2D eigenvalue weighted by Crippen LogP contribution is -2.55. The molecule has 0 aliphatic heterocycles. The van der Waals surface area contributed by atoms with E-state index < -0.39 is 5.56 Å². The number of aliphatic hydroxyl groups is 1. The van der Waals surface area contributed by atoms with Crippen molar-refractivity contribution >= 4 is 0 Å². The highest BCUT2D eigenvalue weighted by molar-refractivity contribution is 5.52. The van der Waals surface area contributed by atoms with Gasteiger partial charge in [-0.05, 0) is 91.4 Å². The zero-order valence-corrected chi connectivity index (χ0v) is 17.3. The van der Waals surface area contributed by atoms with Gasteiger partial charge in [0, 0.05) is 5.69 Å². The summed E-state index contributed by atoms with van der Waals surface area (Å²) in [5.41, 5.74) is 1.77. The number of hydrogen-bond donors (Lipinski definition) is 2. The molecule has 0 saturated heterocycles. The van der Waals surface area contributed by atoms with Crippen LogP contribution in [0.3, 0.4) is 0 Å². The molecule has 7 atom stereocenters. The van der Waals surface area contributed by atoms with Crippen LogP contribution in [0.15, 0.2) is 4.79 Å². The fourth-order valence-electron chi connectivity index (χ4n) is 8.04. The van der Waals surface area contributed by atoms with Gasteiger partial charge in [0.15, 0.2) is 0 Å². The molecule has 4 aliphatic rings. The van der Waals surface area contributed by atoms with Crippen LogP contribution in [0.25, 0.3) is 0 Å². The SMILES string of the molecule is C[C@]12CC[C@H]3[C@@H](CC[C@H]4Cc5[nH]c(=O)c(C#N)c(C#N)c5C[C@@]43C)[C@H]1CC[C@@H]2O. The number of fused-ring (bicyclic) bond motifs is 6. The second-order valence-corrected chi connectivity index (χ2v) is 10.6. The second-order valence-electron chi connectivity index (χ2n) is 10.6. The molecule has 2 N–H and O–H groups in total. The summed E-state index contributed by atoms with van der Waals surface area (Å²) in [5, 5.41) is 29.8. The molecule has 4 aliphatic carbocycles. The van der Waals surface area contributed by atoms with E-state index in [1.165, 1.54) is 6.42 Å². The minimum Gasteiger partial charge on any atom is -0.393 e. The number of H-pyrrole nitrogens is 1. The normalized spacial score (nSPS) is 42.6. The van der Waals surface area contributed by atoms with Crippen molar-refractivity contribution in [3.63, 3.8) is 0 Å². The summed E-state index contributed by atoms with van der Waals surface area (Å²) in [6, 6.07) is 4.13. The van der Waals surface area contributed by atoms with Crippen molar-refractivity contribution in [1.29, 1.82) is 10.5 Å². The van der Waals surface area contributed by atoms with Crippen LogP contribution in [0.1, 0.15) is 74.8 Å². The lowest BCUT2D eigenvalue weighted by Gasteiger charge is -2.60. The minimum absolute atomic E-state index is 0.0317. The summed E-state index contributed by atoms with van der Waals surface area (Å²) in [6.07, 6.45) is 8.03. The average molecular weight is 392 g/mol. The van der Waals surface area contributed by atoms with Crippen molar-refractivity contribution in [3.05, 3.63) is 32.7 Å². The third kappa shape index (κ3) is 2.37. The van der Waals surface area contributed by atoms with Crippen LogP contribution >= 0.6 is 0 Å². The molecule has 29 heavy (non-hydrogen) atoms. The van der Waals surface area contributed by atoms with Crippen LogP contribution in [-0.2, 0) is 12.8 Å². The molecule has 0 unspecified atom stereocenters. The van der Waals surface area contributed by atoms with Crippen LogP contribution in [-0.4, -0.2) is 16.2 Å². The quantitative estimate of drug-likeness (QED) is 0.707. The molecule has 5 heteroatoms. The van der Waals surface area contributed by atoms with Gasteiger partial charge in [0.05, 0.1) is 11.7 Å². The highest BCUT2D eigenvalue weighted by atomic mass is 16.3. The number of nitriles is 2. The number of pyridine rings is 1. The van der Waals surface area contributed by atoms with Gasteiger partial charge in [-0.15, -0.1) is 0 Å². The van der Waals surface area contributed by atoms with E-state index in [1.807, 2.05) is 6.07 Å². The predicted molar refractivity (Wildman–Crippen MR) is 108 cm³/mol. The Balaban J connectivity index is 1.57. The summed E-state index contributed by atoms with van der Waals surface area (Å²) in [7, 11) is 0. The number of nitrogens with zero attached hydrogens (tertiary/aromatic N) is 2. The number of hydrogen-bond acceptors (Lipinski definition) is 4. The lowest BCUT2D eigenvalue weighted by atomic mass is 9.45. The van der Waals surface area contributed by atoms with Crippen LogP contribution in [0.5, 0.6) is 0 Å². The molecule has 1 aromatic rings. The molecule has 0 radical (unpaired) electrons.